The number of ketones is 1. The SMILES string of the molecule is CC(=O)CNc1ccc(C23CC2C(=O)NC3=O)cc1. The monoisotopic (exact) mass is 258 g/mol. The molecule has 5 heteroatoms. The molecule has 98 valence electrons. The molecule has 3 rings (SSSR count). The maximum absolute atomic E-state index is 11.9. The molecule has 2 aliphatic rings. The predicted octanol–water partition coefficient (Wildman–Crippen LogP) is 0.602. The number of anilines is 1. The third-order valence-electron chi connectivity index (χ3n) is 3.86. The van der Waals surface area contributed by atoms with Gasteiger partial charge in [0.05, 0.1) is 17.9 Å². The van der Waals surface area contributed by atoms with Crippen molar-refractivity contribution >= 4 is 23.3 Å². The highest BCUT2D eigenvalue weighted by Gasteiger charge is 2.69. The zero-order valence-electron chi connectivity index (χ0n) is 10.5. The molecular weight excluding hydrogens is 244 g/mol. The van der Waals surface area contributed by atoms with E-state index in [0.29, 0.717) is 6.42 Å². The van der Waals surface area contributed by atoms with Gasteiger partial charge in [-0.2, -0.15) is 0 Å². The lowest BCUT2D eigenvalue weighted by molar-refractivity contribution is -0.127. The van der Waals surface area contributed by atoms with Gasteiger partial charge in [0.2, 0.25) is 11.8 Å². The third kappa shape index (κ3) is 1.73. The van der Waals surface area contributed by atoms with Crippen molar-refractivity contribution in [3.05, 3.63) is 29.8 Å². The molecule has 2 atom stereocenters. The van der Waals surface area contributed by atoms with Gasteiger partial charge in [-0.3, -0.25) is 19.7 Å². The smallest absolute Gasteiger partial charge is 0.238 e. The van der Waals surface area contributed by atoms with Crippen LogP contribution in [-0.4, -0.2) is 24.1 Å². The Hall–Kier alpha value is -2.17. The van der Waals surface area contributed by atoms with E-state index in [9.17, 15) is 14.4 Å². The van der Waals surface area contributed by atoms with Gasteiger partial charge in [-0.05, 0) is 31.0 Å². The summed E-state index contributed by atoms with van der Waals surface area (Å²) in [7, 11) is 0. The van der Waals surface area contributed by atoms with E-state index in [-0.39, 0.29) is 30.1 Å². The van der Waals surface area contributed by atoms with Crippen molar-refractivity contribution < 1.29 is 14.4 Å². The highest BCUT2D eigenvalue weighted by atomic mass is 16.2. The lowest BCUT2D eigenvalue weighted by atomic mass is 9.94. The zero-order valence-corrected chi connectivity index (χ0v) is 10.5. The first-order valence-electron chi connectivity index (χ1n) is 6.23. The lowest BCUT2D eigenvalue weighted by Gasteiger charge is -2.11. The normalized spacial score (nSPS) is 27.7. The van der Waals surface area contributed by atoms with Crippen molar-refractivity contribution in [1.82, 2.24) is 5.32 Å². The molecular formula is C14H14N2O3. The molecule has 1 saturated heterocycles. The fourth-order valence-corrected chi connectivity index (χ4v) is 2.70. The van der Waals surface area contributed by atoms with Crippen molar-refractivity contribution in [1.29, 1.82) is 0 Å². The highest BCUT2D eigenvalue weighted by molar-refractivity contribution is 6.15. The molecule has 19 heavy (non-hydrogen) atoms. The Morgan fingerprint density at radius 1 is 1.37 bits per heavy atom. The van der Waals surface area contributed by atoms with Crippen molar-refractivity contribution in [2.45, 2.75) is 18.8 Å². The number of nitrogens with one attached hydrogen (secondary N) is 2. The number of hydrogen-bond donors (Lipinski definition) is 2. The molecule has 1 saturated carbocycles. The number of carbonyl (C=O) groups excluding carboxylic acids is 3. The minimum Gasteiger partial charge on any atom is -0.378 e. The average molecular weight is 258 g/mol. The van der Waals surface area contributed by atoms with E-state index in [0.717, 1.165) is 11.3 Å². The Bertz CT molecular complexity index is 579. The van der Waals surface area contributed by atoms with Gasteiger partial charge in [-0.1, -0.05) is 12.1 Å². The molecule has 5 nitrogen and oxygen atoms in total. The predicted molar refractivity (Wildman–Crippen MR) is 68.5 cm³/mol. The number of fused-ring (bicyclic) bond motifs is 1. The van der Waals surface area contributed by atoms with Crippen LogP contribution in [0.25, 0.3) is 0 Å². The molecule has 0 aromatic heterocycles. The van der Waals surface area contributed by atoms with E-state index in [4.69, 9.17) is 0 Å². The van der Waals surface area contributed by atoms with Crippen molar-refractivity contribution in [3.8, 4) is 0 Å². The van der Waals surface area contributed by atoms with E-state index in [1.54, 1.807) is 0 Å². The number of imide groups is 1. The number of rotatable bonds is 4. The van der Waals surface area contributed by atoms with Gasteiger partial charge in [0.15, 0.2) is 0 Å². The van der Waals surface area contributed by atoms with E-state index in [1.807, 2.05) is 24.3 Å². The summed E-state index contributed by atoms with van der Waals surface area (Å²) < 4.78 is 0. The van der Waals surface area contributed by atoms with Gasteiger partial charge in [0, 0.05) is 5.69 Å². The quantitative estimate of drug-likeness (QED) is 0.776. The molecule has 1 aliphatic carbocycles. The summed E-state index contributed by atoms with van der Waals surface area (Å²) in [6.07, 6.45) is 0.609. The van der Waals surface area contributed by atoms with Crippen LogP contribution in [0.15, 0.2) is 24.3 Å². The summed E-state index contributed by atoms with van der Waals surface area (Å²) in [6, 6.07) is 7.36. The molecule has 0 radical (unpaired) electrons. The fraction of sp³-hybridized carbons (Fsp3) is 0.357. The van der Waals surface area contributed by atoms with Gasteiger partial charge in [-0.25, -0.2) is 0 Å². The van der Waals surface area contributed by atoms with Crippen molar-refractivity contribution in [2.24, 2.45) is 5.92 Å². The number of Topliss-reactive ketones (excluding diaryl/α,β-unsaturated/α-hetero) is 1. The number of benzene rings is 1. The summed E-state index contributed by atoms with van der Waals surface area (Å²) in [5, 5.41) is 5.36. The largest absolute Gasteiger partial charge is 0.378 e. The van der Waals surface area contributed by atoms with Crippen LogP contribution < -0.4 is 10.6 Å². The van der Waals surface area contributed by atoms with Crippen LogP contribution in [-0.2, 0) is 19.8 Å². The van der Waals surface area contributed by atoms with Gasteiger partial charge in [0.25, 0.3) is 0 Å². The first kappa shape index (κ1) is 11.9. The van der Waals surface area contributed by atoms with Gasteiger partial charge < -0.3 is 5.32 Å². The van der Waals surface area contributed by atoms with Crippen molar-refractivity contribution in [3.63, 3.8) is 0 Å². The Morgan fingerprint density at radius 3 is 2.53 bits per heavy atom. The topological polar surface area (TPSA) is 75.3 Å². The van der Waals surface area contributed by atoms with Crippen LogP contribution in [0.1, 0.15) is 18.9 Å². The number of carbonyl (C=O) groups is 3. The van der Waals surface area contributed by atoms with Crippen LogP contribution in [0.3, 0.4) is 0 Å². The second-order valence-corrected chi connectivity index (χ2v) is 5.18. The first-order chi connectivity index (χ1) is 9.04. The van der Waals surface area contributed by atoms with E-state index < -0.39 is 5.41 Å². The van der Waals surface area contributed by atoms with Gasteiger partial charge in [0.1, 0.15) is 5.78 Å². The van der Waals surface area contributed by atoms with Crippen LogP contribution in [0.5, 0.6) is 0 Å². The Morgan fingerprint density at radius 2 is 2.05 bits per heavy atom. The minimum absolute atomic E-state index is 0.0608. The van der Waals surface area contributed by atoms with E-state index in [2.05, 4.69) is 10.6 Å². The van der Waals surface area contributed by atoms with E-state index in [1.165, 1.54) is 6.92 Å². The number of hydrogen-bond acceptors (Lipinski definition) is 4. The van der Waals surface area contributed by atoms with E-state index >= 15 is 0 Å². The number of amides is 2. The molecule has 1 aliphatic heterocycles. The summed E-state index contributed by atoms with van der Waals surface area (Å²) in [5.41, 5.74) is 1.07. The third-order valence-corrected chi connectivity index (χ3v) is 3.86. The molecule has 2 amide bonds. The van der Waals surface area contributed by atoms with Gasteiger partial charge in [-0.15, -0.1) is 0 Å². The molecule has 1 aromatic rings. The Labute approximate surface area is 110 Å². The number of piperidine rings is 1. The molecule has 0 spiro atoms. The zero-order chi connectivity index (χ0) is 13.6. The summed E-state index contributed by atoms with van der Waals surface area (Å²) >= 11 is 0. The standard InChI is InChI=1S/C14H14N2O3/c1-8(17)7-15-10-4-2-9(3-5-10)14-6-11(14)12(18)16-13(14)19/h2-5,11,15H,6-7H2,1H3,(H,16,18,19). The molecule has 2 N–H and O–H groups in total. The average Bonchev–Trinajstić information content (AvgIpc) is 3.08. The van der Waals surface area contributed by atoms with Gasteiger partial charge >= 0.3 is 0 Å². The second kappa shape index (κ2) is 3.91. The fourth-order valence-electron chi connectivity index (χ4n) is 2.70. The summed E-state index contributed by atoms with van der Waals surface area (Å²) in [5.74, 6) is -0.488. The van der Waals surface area contributed by atoms with Crippen LogP contribution in [0, 0.1) is 5.92 Å². The van der Waals surface area contributed by atoms with Crippen LogP contribution in [0.2, 0.25) is 0 Å². The summed E-state index contributed by atoms with van der Waals surface area (Å²) in [6.45, 7) is 1.80. The maximum Gasteiger partial charge on any atom is 0.238 e. The van der Waals surface area contributed by atoms with Crippen LogP contribution in [0.4, 0.5) is 5.69 Å². The molecule has 1 aromatic carbocycles. The minimum atomic E-state index is -0.629. The molecule has 2 fully saturated rings. The second-order valence-electron chi connectivity index (χ2n) is 5.18. The lowest BCUT2D eigenvalue weighted by Crippen LogP contribution is -2.30. The Kier molecular flexibility index (Phi) is 2.45. The Balaban J connectivity index is 1.79. The molecule has 2 unspecified atom stereocenters. The molecule has 0 bridgehead atoms. The first-order valence-corrected chi connectivity index (χ1v) is 6.23. The maximum atomic E-state index is 11.9. The molecule has 1 heterocycles. The highest BCUT2D eigenvalue weighted by Crippen LogP contribution is 2.57. The van der Waals surface area contributed by atoms with Crippen molar-refractivity contribution in [2.75, 3.05) is 11.9 Å². The summed E-state index contributed by atoms with van der Waals surface area (Å²) in [4.78, 5) is 34.2. The van der Waals surface area contributed by atoms with Crippen LogP contribution >= 0.6 is 0 Å².